The molecule has 1 aromatic rings. The lowest BCUT2D eigenvalue weighted by molar-refractivity contribution is -0.137. The molecule has 1 aromatic heterocycles. The average molecular weight is 349 g/mol. The molecule has 2 atom stereocenters. The van der Waals surface area contributed by atoms with E-state index in [2.05, 4.69) is 4.98 Å². The van der Waals surface area contributed by atoms with Gasteiger partial charge in [-0.15, -0.1) is 0 Å². The first-order valence-corrected chi connectivity index (χ1v) is 10.0. The van der Waals surface area contributed by atoms with Crippen molar-refractivity contribution in [2.24, 2.45) is 5.92 Å². The molecule has 3 fully saturated rings. The first kappa shape index (κ1) is 15.6. The van der Waals surface area contributed by atoms with Gasteiger partial charge in [0.1, 0.15) is 0 Å². The van der Waals surface area contributed by atoms with E-state index in [-0.39, 0.29) is 29.2 Å². The first-order valence-electron chi connectivity index (χ1n) is 8.18. The highest BCUT2D eigenvalue weighted by atomic mass is 32.2. The van der Waals surface area contributed by atoms with Crippen LogP contribution < -0.4 is 0 Å². The third kappa shape index (κ3) is 2.68. The molecule has 0 unspecified atom stereocenters. The number of carbonyl (C=O) groups excluding carboxylic acids is 2. The molecular weight excluding hydrogens is 330 g/mol. The molecule has 1 aliphatic carbocycles. The quantitative estimate of drug-likeness (QED) is 0.747. The van der Waals surface area contributed by atoms with E-state index in [1.54, 1.807) is 34.3 Å². The highest BCUT2D eigenvalue weighted by Crippen LogP contribution is 2.35. The topological polar surface area (TPSA) is 87.7 Å². The van der Waals surface area contributed by atoms with Crippen LogP contribution in [0.4, 0.5) is 0 Å². The van der Waals surface area contributed by atoms with Crippen LogP contribution in [0.3, 0.4) is 0 Å². The van der Waals surface area contributed by atoms with Crippen molar-refractivity contribution in [3.8, 4) is 0 Å². The molecule has 3 heterocycles. The molecule has 0 aromatic carbocycles. The van der Waals surface area contributed by atoms with Gasteiger partial charge in [0.25, 0.3) is 5.91 Å². The number of piperazine rings is 1. The Morgan fingerprint density at radius 3 is 2.21 bits per heavy atom. The van der Waals surface area contributed by atoms with Gasteiger partial charge in [-0.3, -0.25) is 14.6 Å². The van der Waals surface area contributed by atoms with Crippen LogP contribution in [0.15, 0.2) is 24.5 Å². The molecule has 0 radical (unpaired) electrons. The molecular formula is C16H19N3O4S. The normalized spacial score (nSPS) is 28.5. The molecule has 128 valence electrons. The van der Waals surface area contributed by atoms with Gasteiger partial charge in [-0.25, -0.2) is 8.42 Å². The molecule has 7 nitrogen and oxygen atoms in total. The lowest BCUT2D eigenvalue weighted by Crippen LogP contribution is -2.62. The number of aromatic nitrogens is 1. The zero-order valence-corrected chi connectivity index (χ0v) is 14.0. The van der Waals surface area contributed by atoms with Crippen LogP contribution in [0, 0.1) is 5.92 Å². The molecule has 24 heavy (non-hydrogen) atoms. The minimum Gasteiger partial charge on any atom is -0.335 e. The standard InChI is InChI=1S/C16H19N3O4S/c20-15(11-1-2-11)18-7-8-19(14-10-24(22,23)9-13(14)18)16(21)12-3-5-17-6-4-12/h3-6,11,13-14H,1-2,7-10H2/t13-,14+/m1/s1. The van der Waals surface area contributed by atoms with Crippen LogP contribution in [-0.4, -0.2) is 71.7 Å². The number of amides is 2. The van der Waals surface area contributed by atoms with Crippen LogP contribution in [0.1, 0.15) is 23.2 Å². The zero-order valence-electron chi connectivity index (χ0n) is 13.2. The van der Waals surface area contributed by atoms with Crippen molar-refractivity contribution in [2.75, 3.05) is 24.6 Å². The number of sulfone groups is 1. The summed E-state index contributed by atoms with van der Waals surface area (Å²) in [7, 11) is -3.25. The van der Waals surface area contributed by atoms with Gasteiger partial charge in [0.2, 0.25) is 5.91 Å². The maximum Gasteiger partial charge on any atom is 0.254 e. The number of hydrogen-bond donors (Lipinski definition) is 0. The summed E-state index contributed by atoms with van der Waals surface area (Å²) in [5.41, 5.74) is 0.495. The predicted octanol–water partition coefficient (Wildman–Crippen LogP) is -0.0584. The Hall–Kier alpha value is -1.96. The van der Waals surface area contributed by atoms with E-state index in [9.17, 15) is 18.0 Å². The summed E-state index contributed by atoms with van der Waals surface area (Å²) in [4.78, 5) is 32.5. The van der Waals surface area contributed by atoms with Gasteiger partial charge >= 0.3 is 0 Å². The van der Waals surface area contributed by atoms with E-state index >= 15 is 0 Å². The molecule has 2 amide bonds. The van der Waals surface area contributed by atoms with Crippen LogP contribution in [0.2, 0.25) is 0 Å². The minimum atomic E-state index is -3.25. The van der Waals surface area contributed by atoms with Crippen LogP contribution in [0.25, 0.3) is 0 Å². The summed E-state index contributed by atoms with van der Waals surface area (Å²) >= 11 is 0. The van der Waals surface area contributed by atoms with Crippen molar-refractivity contribution in [3.05, 3.63) is 30.1 Å². The Balaban J connectivity index is 1.62. The Morgan fingerprint density at radius 1 is 1.00 bits per heavy atom. The summed E-state index contributed by atoms with van der Waals surface area (Å²) in [6.45, 7) is 0.777. The van der Waals surface area contributed by atoms with Crippen LogP contribution in [-0.2, 0) is 14.6 Å². The number of hydrogen-bond acceptors (Lipinski definition) is 5. The molecule has 0 bridgehead atoms. The lowest BCUT2D eigenvalue weighted by Gasteiger charge is -2.44. The summed E-state index contributed by atoms with van der Waals surface area (Å²) in [6, 6.07) is 2.39. The molecule has 4 rings (SSSR count). The first-order chi connectivity index (χ1) is 11.5. The average Bonchev–Trinajstić information content (AvgIpc) is 3.35. The van der Waals surface area contributed by atoms with Gasteiger partial charge in [-0.1, -0.05) is 0 Å². The number of fused-ring (bicyclic) bond motifs is 1. The number of nitrogens with zero attached hydrogens (tertiary/aromatic N) is 3. The van der Waals surface area contributed by atoms with Crippen molar-refractivity contribution in [1.82, 2.24) is 14.8 Å². The van der Waals surface area contributed by atoms with Crippen molar-refractivity contribution < 1.29 is 18.0 Å². The monoisotopic (exact) mass is 349 g/mol. The maximum atomic E-state index is 12.8. The van der Waals surface area contributed by atoms with E-state index in [0.717, 1.165) is 12.8 Å². The van der Waals surface area contributed by atoms with Crippen molar-refractivity contribution >= 4 is 21.7 Å². The van der Waals surface area contributed by atoms with E-state index in [0.29, 0.717) is 18.7 Å². The third-order valence-corrected chi connectivity index (χ3v) is 6.77. The highest BCUT2D eigenvalue weighted by molar-refractivity contribution is 7.91. The number of carbonyl (C=O) groups is 2. The Bertz CT molecular complexity index is 776. The molecule has 8 heteroatoms. The summed E-state index contributed by atoms with van der Waals surface area (Å²) in [6.07, 6.45) is 4.87. The second kappa shape index (κ2) is 5.54. The third-order valence-electron chi connectivity index (χ3n) is 5.07. The number of rotatable bonds is 2. The molecule has 2 saturated heterocycles. The fraction of sp³-hybridized carbons (Fsp3) is 0.562. The van der Waals surface area contributed by atoms with E-state index < -0.39 is 21.9 Å². The molecule has 0 N–H and O–H groups in total. The fourth-order valence-corrected chi connectivity index (χ4v) is 5.68. The van der Waals surface area contributed by atoms with E-state index in [4.69, 9.17) is 0 Å². The minimum absolute atomic E-state index is 0.0454. The summed E-state index contributed by atoms with van der Waals surface area (Å²) < 4.78 is 24.3. The van der Waals surface area contributed by atoms with Crippen molar-refractivity contribution in [1.29, 1.82) is 0 Å². The van der Waals surface area contributed by atoms with Gasteiger partial charge in [-0.2, -0.15) is 0 Å². The Labute approximate surface area is 140 Å². The van der Waals surface area contributed by atoms with Crippen LogP contribution >= 0.6 is 0 Å². The van der Waals surface area contributed by atoms with Gasteiger partial charge in [-0.05, 0) is 25.0 Å². The smallest absolute Gasteiger partial charge is 0.254 e. The zero-order chi connectivity index (χ0) is 16.9. The van der Waals surface area contributed by atoms with Gasteiger partial charge in [0.15, 0.2) is 9.84 Å². The molecule has 3 aliphatic rings. The Kier molecular flexibility index (Phi) is 3.59. The molecule has 1 saturated carbocycles. The van der Waals surface area contributed by atoms with E-state index in [1.807, 2.05) is 0 Å². The maximum absolute atomic E-state index is 12.8. The second-order valence-electron chi connectivity index (χ2n) is 6.75. The molecule has 2 aliphatic heterocycles. The van der Waals surface area contributed by atoms with Crippen molar-refractivity contribution in [2.45, 2.75) is 24.9 Å². The molecule has 0 spiro atoms. The SMILES string of the molecule is O=C(C1CC1)N1CCN(C(=O)c2ccncc2)[C@H]2CS(=O)(=O)C[C@H]21. The second-order valence-corrected chi connectivity index (χ2v) is 8.91. The largest absolute Gasteiger partial charge is 0.335 e. The summed E-state index contributed by atoms with van der Waals surface area (Å²) in [5, 5.41) is 0. The van der Waals surface area contributed by atoms with Gasteiger partial charge < -0.3 is 9.80 Å². The fourth-order valence-electron chi connectivity index (χ4n) is 3.70. The highest BCUT2D eigenvalue weighted by Gasteiger charge is 2.51. The van der Waals surface area contributed by atoms with Gasteiger partial charge in [0.05, 0.1) is 23.6 Å². The predicted molar refractivity (Wildman–Crippen MR) is 85.9 cm³/mol. The number of pyridine rings is 1. The van der Waals surface area contributed by atoms with Gasteiger partial charge in [0, 0.05) is 37.0 Å². The summed E-state index contributed by atoms with van der Waals surface area (Å²) in [5.74, 6) is -0.198. The van der Waals surface area contributed by atoms with E-state index in [1.165, 1.54) is 0 Å². The Morgan fingerprint density at radius 2 is 1.58 bits per heavy atom. The van der Waals surface area contributed by atoms with Crippen LogP contribution in [0.5, 0.6) is 0 Å². The van der Waals surface area contributed by atoms with Crippen molar-refractivity contribution in [3.63, 3.8) is 0 Å². The lowest BCUT2D eigenvalue weighted by atomic mass is 10.0.